The summed E-state index contributed by atoms with van der Waals surface area (Å²) >= 11 is 0. The molecule has 32 heavy (non-hydrogen) atoms. The molecule has 2 aliphatic rings. The molecule has 0 spiro atoms. The number of rotatable bonds is 3. The van der Waals surface area contributed by atoms with Crippen molar-refractivity contribution >= 4 is 17.0 Å². The Morgan fingerprint density at radius 2 is 1.72 bits per heavy atom. The first kappa shape index (κ1) is 19.4. The lowest BCUT2D eigenvalue weighted by molar-refractivity contribution is 0.0679. The Hall–Kier alpha value is -3.29. The van der Waals surface area contributed by atoms with Gasteiger partial charge in [-0.3, -0.25) is 0 Å². The Balaban J connectivity index is 1.35. The van der Waals surface area contributed by atoms with Gasteiger partial charge in [-0.1, -0.05) is 36.4 Å². The van der Waals surface area contributed by atoms with Crippen LogP contribution in [0.25, 0.3) is 22.2 Å². The molecule has 6 rings (SSSR count). The van der Waals surface area contributed by atoms with E-state index in [1.807, 2.05) is 18.5 Å². The third-order valence-electron chi connectivity index (χ3n) is 6.48. The van der Waals surface area contributed by atoms with Crippen LogP contribution in [0.2, 0.25) is 0 Å². The predicted octanol–water partition coefficient (Wildman–Crippen LogP) is 3.57. The molecule has 162 valence electrons. The summed E-state index contributed by atoms with van der Waals surface area (Å²) in [7, 11) is 0. The molecule has 1 N–H and O–H groups in total. The van der Waals surface area contributed by atoms with Crippen LogP contribution in [-0.2, 0) is 11.3 Å². The van der Waals surface area contributed by atoms with Crippen molar-refractivity contribution in [3.05, 3.63) is 72.3 Å². The van der Waals surface area contributed by atoms with E-state index in [2.05, 4.69) is 61.9 Å². The van der Waals surface area contributed by atoms with E-state index >= 15 is 0 Å². The minimum Gasteiger partial charge on any atom is -0.393 e. The SMILES string of the molecule is OC1CCN(c2ncc(-c3ccc4nc5n(c4c3)[C@@H](c3ccccc3)COC5)cn2)CC1. The quantitative estimate of drug-likeness (QED) is 0.539. The van der Waals surface area contributed by atoms with Gasteiger partial charge >= 0.3 is 0 Å². The van der Waals surface area contributed by atoms with Crippen molar-refractivity contribution in [1.82, 2.24) is 19.5 Å². The maximum absolute atomic E-state index is 9.73. The number of aliphatic hydroxyl groups excluding tert-OH is 1. The summed E-state index contributed by atoms with van der Waals surface area (Å²) < 4.78 is 8.17. The van der Waals surface area contributed by atoms with Crippen molar-refractivity contribution in [3.63, 3.8) is 0 Å². The lowest BCUT2D eigenvalue weighted by atomic mass is 10.1. The van der Waals surface area contributed by atoms with Crippen LogP contribution < -0.4 is 4.90 Å². The largest absolute Gasteiger partial charge is 0.393 e. The molecule has 7 nitrogen and oxygen atoms in total. The van der Waals surface area contributed by atoms with Crippen LogP contribution in [-0.4, -0.2) is 50.4 Å². The lowest BCUT2D eigenvalue weighted by Crippen LogP contribution is -2.36. The van der Waals surface area contributed by atoms with Crippen LogP contribution in [0.3, 0.4) is 0 Å². The van der Waals surface area contributed by atoms with E-state index in [-0.39, 0.29) is 12.1 Å². The molecule has 2 aliphatic heterocycles. The number of fused-ring (bicyclic) bond motifs is 3. The van der Waals surface area contributed by atoms with E-state index in [0.29, 0.717) is 13.2 Å². The topological polar surface area (TPSA) is 76.3 Å². The third-order valence-corrected chi connectivity index (χ3v) is 6.48. The molecule has 4 aromatic rings. The van der Waals surface area contributed by atoms with Crippen LogP contribution in [0.4, 0.5) is 5.95 Å². The summed E-state index contributed by atoms with van der Waals surface area (Å²) in [4.78, 5) is 16.2. The van der Waals surface area contributed by atoms with Crippen LogP contribution in [0.1, 0.15) is 30.3 Å². The number of nitrogens with zero attached hydrogens (tertiary/aromatic N) is 5. The molecule has 0 radical (unpaired) electrons. The first-order valence-corrected chi connectivity index (χ1v) is 11.2. The number of aliphatic hydroxyl groups is 1. The number of benzene rings is 2. The second-order valence-corrected chi connectivity index (χ2v) is 8.53. The van der Waals surface area contributed by atoms with Gasteiger partial charge in [0.05, 0.1) is 29.8 Å². The van der Waals surface area contributed by atoms with Gasteiger partial charge in [0.15, 0.2) is 0 Å². The van der Waals surface area contributed by atoms with Gasteiger partial charge in [-0.05, 0) is 36.1 Å². The fourth-order valence-electron chi connectivity index (χ4n) is 4.73. The van der Waals surface area contributed by atoms with Crippen LogP contribution in [0.5, 0.6) is 0 Å². The molecule has 1 saturated heterocycles. The second kappa shape index (κ2) is 8.00. The third kappa shape index (κ3) is 3.43. The molecule has 0 unspecified atom stereocenters. The summed E-state index contributed by atoms with van der Waals surface area (Å²) in [5.74, 6) is 1.68. The van der Waals surface area contributed by atoms with E-state index < -0.39 is 0 Å². The van der Waals surface area contributed by atoms with Gasteiger partial charge in [0.1, 0.15) is 12.4 Å². The van der Waals surface area contributed by atoms with Crippen molar-refractivity contribution in [2.45, 2.75) is 31.6 Å². The number of imidazole rings is 1. The molecular weight excluding hydrogens is 402 g/mol. The predicted molar refractivity (Wildman–Crippen MR) is 122 cm³/mol. The lowest BCUT2D eigenvalue weighted by Gasteiger charge is -2.29. The monoisotopic (exact) mass is 427 g/mol. The number of hydrogen-bond acceptors (Lipinski definition) is 6. The second-order valence-electron chi connectivity index (χ2n) is 8.53. The Labute approximate surface area is 186 Å². The highest BCUT2D eigenvalue weighted by Crippen LogP contribution is 2.32. The molecule has 0 amide bonds. The standard InChI is InChI=1S/C25H25N5O2/c31-20-8-10-29(11-9-20)25-26-13-19(14-27-25)18-6-7-21-22(12-18)30-23(15-32-16-24(30)28-21)17-4-2-1-3-5-17/h1-7,12-14,20,23,31H,8-11,15-16H2/t23-/m1/s1. The highest BCUT2D eigenvalue weighted by Gasteiger charge is 2.25. The Morgan fingerprint density at radius 1 is 0.938 bits per heavy atom. The maximum atomic E-state index is 9.73. The van der Waals surface area contributed by atoms with Crippen molar-refractivity contribution in [3.8, 4) is 11.1 Å². The highest BCUT2D eigenvalue weighted by atomic mass is 16.5. The molecule has 0 bridgehead atoms. The van der Waals surface area contributed by atoms with Crippen LogP contribution in [0.15, 0.2) is 60.9 Å². The Kier molecular flexibility index (Phi) is 4.85. The summed E-state index contributed by atoms with van der Waals surface area (Å²) in [6, 6.07) is 16.9. The van der Waals surface area contributed by atoms with Gasteiger partial charge < -0.3 is 19.3 Å². The van der Waals surface area contributed by atoms with E-state index in [9.17, 15) is 5.11 Å². The number of piperidine rings is 1. The molecule has 2 aromatic carbocycles. The number of hydrogen-bond donors (Lipinski definition) is 1. The molecule has 4 heterocycles. The molecule has 7 heteroatoms. The van der Waals surface area contributed by atoms with Gasteiger partial charge in [0.2, 0.25) is 5.95 Å². The summed E-state index contributed by atoms with van der Waals surface area (Å²) in [5, 5.41) is 9.73. The van der Waals surface area contributed by atoms with Gasteiger partial charge in [-0.15, -0.1) is 0 Å². The molecular formula is C25H25N5O2. The van der Waals surface area contributed by atoms with Gasteiger partial charge in [-0.2, -0.15) is 0 Å². The van der Waals surface area contributed by atoms with Crippen LogP contribution in [0, 0.1) is 0 Å². The number of anilines is 1. The van der Waals surface area contributed by atoms with E-state index in [4.69, 9.17) is 9.72 Å². The van der Waals surface area contributed by atoms with Gasteiger partial charge in [0, 0.05) is 31.0 Å². The van der Waals surface area contributed by atoms with Crippen molar-refractivity contribution in [2.24, 2.45) is 0 Å². The molecule has 1 fully saturated rings. The normalized spacial score (nSPS) is 19.3. The first-order chi connectivity index (χ1) is 15.8. The summed E-state index contributed by atoms with van der Waals surface area (Å²) in [6.45, 7) is 2.74. The zero-order valence-electron chi connectivity index (χ0n) is 17.8. The molecule has 2 aromatic heterocycles. The summed E-state index contributed by atoms with van der Waals surface area (Å²) in [6.07, 6.45) is 5.10. The molecule has 0 aliphatic carbocycles. The average molecular weight is 428 g/mol. The van der Waals surface area contributed by atoms with E-state index in [0.717, 1.165) is 59.9 Å². The van der Waals surface area contributed by atoms with E-state index in [1.165, 1.54) is 5.56 Å². The Bertz CT molecular complexity index is 1230. The summed E-state index contributed by atoms with van der Waals surface area (Å²) in [5.41, 5.74) is 5.34. The highest BCUT2D eigenvalue weighted by molar-refractivity contribution is 5.83. The minimum absolute atomic E-state index is 0.105. The smallest absolute Gasteiger partial charge is 0.225 e. The van der Waals surface area contributed by atoms with Crippen LogP contribution >= 0.6 is 0 Å². The minimum atomic E-state index is -0.205. The van der Waals surface area contributed by atoms with Crippen molar-refractivity contribution in [1.29, 1.82) is 0 Å². The number of ether oxygens (including phenoxy) is 1. The fourth-order valence-corrected chi connectivity index (χ4v) is 4.73. The zero-order valence-corrected chi connectivity index (χ0v) is 17.8. The average Bonchev–Trinajstić information content (AvgIpc) is 3.23. The van der Waals surface area contributed by atoms with E-state index in [1.54, 1.807) is 0 Å². The first-order valence-electron chi connectivity index (χ1n) is 11.2. The van der Waals surface area contributed by atoms with Gasteiger partial charge in [-0.25, -0.2) is 15.0 Å². The molecule has 1 atom stereocenters. The molecule has 0 saturated carbocycles. The zero-order chi connectivity index (χ0) is 21.5. The van der Waals surface area contributed by atoms with Crippen molar-refractivity contribution < 1.29 is 9.84 Å². The van der Waals surface area contributed by atoms with Gasteiger partial charge in [0.25, 0.3) is 0 Å². The number of aromatic nitrogens is 4. The maximum Gasteiger partial charge on any atom is 0.225 e. The van der Waals surface area contributed by atoms with Crippen molar-refractivity contribution in [2.75, 3.05) is 24.6 Å². The fraction of sp³-hybridized carbons (Fsp3) is 0.320. The Morgan fingerprint density at radius 3 is 2.50 bits per heavy atom.